The molecule has 0 bridgehead atoms. The first-order valence-electron chi connectivity index (χ1n) is 5.90. The highest BCUT2D eigenvalue weighted by molar-refractivity contribution is 6.42. The van der Waals surface area contributed by atoms with Crippen LogP contribution in [-0.2, 0) is 6.42 Å². The first kappa shape index (κ1) is 14.8. The van der Waals surface area contributed by atoms with Crippen LogP contribution in [0.1, 0.15) is 33.1 Å². The first-order chi connectivity index (χ1) is 9.38. The Morgan fingerprint density at radius 2 is 1.90 bits per heavy atom. The van der Waals surface area contributed by atoms with E-state index in [1.54, 1.807) is 26.0 Å². The minimum Gasteiger partial charge on any atom is -0.477 e. The molecular weight excluding hydrogens is 299 g/mol. The molecule has 0 radical (unpaired) electrons. The molecule has 1 aromatic carbocycles. The lowest BCUT2D eigenvalue weighted by atomic mass is 10.0. The van der Waals surface area contributed by atoms with E-state index in [0.717, 1.165) is 5.56 Å². The first-order valence-corrected chi connectivity index (χ1v) is 6.65. The molecule has 0 saturated carbocycles. The summed E-state index contributed by atoms with van der Waals surface area (Å²) in [4.78, 5) is 19.4. The van der Waals surface area contributed by atoms with Crippen molar-refractivity contribution in [3.63, 3.8) is 0 Å². The monoisotopic (exact) mass is 310 g/mol. The number of rotatable bonds is 3. The normalized spacial score (nSPS) is 10.6. The smallest absolute Gasteiger partial charge is 0.354 e. The molecule has 2 rings (SSSR count). The molecule has 104 valence electrons. The number of nitrogens with zero attached hydrogens (tertiary/aromatic N) is 2. The van der Waals surface area contributed by atoms with Crippen LogP contribution in [0.4, 0.5) is 0 Å². The highest BCUT2D eigenvalue weighted by Gasteiger charge is 2.15. The molecule has 20 heavy (non-hydrogen) atoms. The number of carboxylic acids is 1. The van der Waals surface area contributed by atoms with Gasteiger partial charge in [0.25, 0.3) is 0 Å². The summed E-state index contributed by atoms with van der Waals surface area (Å²) in [5, 5.41) is 10.1. The van der Waals surface area contributed by atoms with Crippen LogP contribution in [0.3, 0.4) is 0 Å². The molecule has 2 aromatic rings. The Morgan fingerprint density at radius 1 is 1.20 bits per heavy atom. The van der Waals surface area contributed by atoms with Crippen LogP contribution in [0.5, 0.6) is 0 Å². The number of benzene rings is 1. The van der Waals surface area contributed by atoms with Crippen molar-refractivity contribution in [1.82, 2.24) is 9.97 Å². The number of carboxylic acid groups (broad SMARTS) is 1. The third kappa shape index (κ3) is 3.08. The standard InChI is InChI=1S/C14H12Cl2N2O2/c1-7-12(17-8(2)18-13(7)14(19)20)6-9-3-4-10(15)11(16)5-9/h3-5H,6H2,1-2H3,(H,19,20). The number of halogens is 2. The number of aromatic nitrogens is 2. The second-order valence-electron chi connectivity index (χ2n) is 4.42. The molecule has 0 fully saturated rings. The van der Waals surface area contributed by atoms with Gasteiger partial charge in [0, 0.05) is 12.0 Å². The minimum atomic E-state index is -1.05. The predicted molar refractivity (Wildman–Crippen MR) is 77.7 cm³/mol. The maximum absolute atomic E-state index is 11.1. The van der Waals surface area contributed by atoms with Crippen molar-refractivity contribution in [2.75, 3.05) is 0 Å². The number of hydrogen-bond donors (Lipinski definition) is 1. The quantitative estimate of drug-likeness (QED) is 0.939. The molecule has 0 unspecified atom stereocenters. The van der Waals surface area contributed by atoms with Gasteiger partial charge in [-0.2, -0.15) is 0 Å². The van der Waals surface area contributed by atoms with Crippen LogP contribution in [0.2, 0.25) is 10.0 Å². The summed E-state index contributed by atoms with van der Waals surface area (Å²) in [7, 11) is 0. The van der Waals surface area contributed by atoms with Gasteiger partial charge in [-0.25, -0.2) is 14.8 Å². The zero-order valence-corrected chi connectivity index (χ0v) is 12.5. The van der Waals surface area contributed by atoms with Crippen molar-refractivity contribution >= 4 is 29.2 Å². The third-order valence-electron chi connectivity index (χ3n) is 2.92. The number of carbonyl (C=O) groups is 1. The summed E-state index contributed by atoms with van der Waals surface area (Å²) < 4.78 is 0. The molecule has 0 spiro atoms. The van der Waals surface area contributed by atoms with E-state index < -0.39 is 5.97 Å². The summed E-state index contributed by atoms with van der Waals surface area (Å²) in [6.07, 6.45) is 0.479. The Bertz CT molecular complexity index is 687. The molecule has 0 aliphatic rings. The molecule has 0 aliphatic heterocycles. The van der Waals surface area contributed by atoms with Gasteiger partial charge in [0.05, 0.1) is 15.7 Å². The van der Waals surface area contributed by atoms with Gasteiger partial charge in [-0.1, -0.05) is 29.3 Å². The van der Waals surface area contributed by atoms with Crippen molar-refractivity contribution < 1.29 is 9.90 Å². The van der Waals surface area contributed by atoms with E-state index in [4.69, 9.17) is 28.3 Å². The molecular formula is C14H12Cl2N2O2. The highest BCUT2D eigenvalue weighted by atomic mass is 35.5. The predicted octanol–water partition coefficient (Wildman–Crippen LogP) is 3.69. The molecule has 0 aliphatic carbocycles. The number of aryl methyl sites for hydroxylation is 1. The van der Waals surface area contributed by atoms with Gasteiger partial charge in [-0.05, 0) is 31.5 Å². The topological polar surface area (TPSA) is 63.1 Å². The number of hydrogen-bond acceptors (Lipinski definition) is 3. The van der Waals surface area contributed by atoms with Crippen molar-refractivity contribution in [3.8, 4) is 0 Å². The van der Waals surface area contributed by atoms with Crippen molar-refractivity contribution in [2.24, 2.45) is 0 Å². The van der Waals surface area contributed by atoms with Crippen molar-refractivity contribution in [2.45, 2.75) is 20.3 Å². The minimum absolute atomic E-state index is 0.0348. The van der Waals surface area contributed by atoms with Crippen molar-refractivity contribution in [1.29, 1.82) is 0 Å². The second kappa shape index (κ2) is 5.77. The molecule has 0 atom stereocenters. The van der Waals surface area contributed by atoms with E-state index >= 15 is 0 Å². The fraction of sp³-hybridized carbons (Fsp3) is 0.214. The molecule has 1 aromatic heterocycles. The summed E-state index contributed by atoms with van der Waals surface area (Å²) >= 11 is 11.8. The molecule has 0 amide bonds. The van der Waals surface area contributed by atoms with Gasteiger partial charge in [0.1, 0.15) is 5.82 Å². The lowest BCUT2D eigenvalue weighted by Crippen LogP contribution is -2.10. The zero-order chi connectivity index (χ0) is 14.9. The molecule has 1 N–H and O–H groups in total. The average Bonchev–Trinajstić information content (AvgIpc) is 2.37. The van der Waals surface area contributed by atoms with Crippen LogP contribution in [0, 0.1) is 13.8 Å². The fourth-order valence-corrected chi connectivity index (χ4v) is 2.23. The Labute approximate surface area is 126 Å². The maximum Gasteiger partial charge on any atom is 0.354 e. The van der Waals surface area contributed by atoms with Crippen LogP contribution < -0.4 is 0 Å². The lowest BCUT2D eigenvalue weighted by Gasteiger charge is -2.09. The van der Waals surface area contributed by atoms with Crippen LogP contribution in [-0.4, -0.2) is 21.0 Å². The Hall–Kier alpha value is -1.65. The van der Waals surface area contributed by atoms with Gasteiger partial charge < -0.3 is 5.11 Å². The van der Waals surface area contributed by atoms with E-state index in [9.17, 15) is 4.79 Å². The van der Waals surface area contributed by atoms with Crippen LogP contribution >= 0.6 is 23.2 Å². The summed E-state index contributed by atoms with van der Waals surface area (Å²) in [5.74, 6) is -0.619. The zero-order valence-electron chi connectivity index (χ0n) is 10.9. The summed E-state index contributed by atoms with van der Waals surface area (Å²) in [6, 6.07) is 5.30. The van der Waals surface area contributed by atoms with Gasteiger partial charge in [0.15, 0.2) is 5.69 Å². The Balaban J connectivity index is 2.43. The third-order valence-corrected chi connectivity index (χ3v) is 3.66. The number of aromatic carboxylic acids is 1. The van der Waals surface area contributed by atoms with E-state index in [1.807, 2.05) is 6.07 Å². The SMILES string of the molecule is Cc1nc(Cc2ccc(Cl)c(Cl)c2)c(C)c(C(=O)O)n1. The van der Waals surface area contributed by atoms with Crippen LogP contribution in [0.25, 0.3) is 0 Å². The van der Waals surface area contributed by atoms with Gasteiger partial charge >= 0.3 is 5.97 Å². The Kier molecular flexibility index (Phi) is 4.26. The molecule has 1 heterocycles. The maximum atomic E-state index is 11.1. The van der Waals surface area contributed by atoms with Gasteiger partial charge in [-0.15, -0.1) is 0 Å². The van der Waals surface area contributed by atoms with E-state index in [2.05, 4.69) is 9.97 Å². The average molecular weight is 311 g/mol. The summed E-state index contributed by atoms with van der Waals surface area (Å²) in [6.45, 7) is 3.37. The fourth-order valence-electron chi connectivity index (χ4n) is 1.91. The lowest BCUT2D eigenvalue weighted by molar-refractivity contribution is 0.0689. The highest BCUT2D eigenvalue weighted by Crippen LogP contribution is 2.24. The van der Waals surface area contributed by atoms with Gasteiger partial charge in [0.2, 0.25) is 0 Å². The second-order valence-corrected chi connectivity index (χ2v) is 5.24. The molecule has 0 saturated heterocycles. The molecule has 4 nitrogen and oxygen atoms in total. The van der Waals surface area contributed by atoms with E-state index in [-0.39, 0.29) is 5.69 Å². The molecule has 6 heteroatoms. The largest absolute Gasteiger partial charge is 0.477 e. The summed E-state index contributed by atoms with van der Waals surface area (Å²) in [5.41, 5.74) is 2.19. The Morgan fingerprint density at radius 3 is 2.50 bits per heavy atom. The van der Waals surface area contributed by atoms with Crippen molar-refractivity contribution in [3.05, 3.63) is 56.6 Å². The van der Waals surface area contributed by atoms with E-state index in [0.29, 0.717) is 33.5 Å². The van der Waals surface area contributed by atoms with Gasteiger partial charge in [-0.3, -0.25) is 0 Å². The van der Waals surface area contributed by atoms with E-state index in [1.165, 1.54) is 0 Å². The van der Waals surface area contributed by atoms with Crippen LogP contribution in [0.15, 0.2) is 18.2 Å².